The van der Waals surface area contributed by atoms with Crippen molar-refractivity contribution in [1.82, 2.24) is 5.43 Å². The Hall–Kier alpha value is -2.57. The van der Waals surface area contributed by atoms with Crippen LogP contribution in [0.4, 0.5) is 0 Å². The maximum absolute atomic E-state index is 12.4. The third-order valence-corrected chi connectivity index (χ3v) is 5.48. The quantitative estimate of drug-likeness (QED) is 0.537. The molecule has 2 aromatic carbocycles. The number of benzene rings is 2. The highest BCUT2D eigenvalue weighted by molar-refractivity contribution is 6.30. The fourth-order valence-electron chi connectivity index (χ4n) is 3.55. The van der Waals surface area contributed by atoms with E-state index < -0.39 is 0 Å². The molecule has 0 atom stereocenters. The number of quaternary nitrogens is 1. The second-order valence-electron chi connectivity index (χ2n) is 7.18. The zero-order valence-corrected chi connectivity index (χ0v) is 17.5. The van der Waals surface area contributed by atoms with E-state index in [0.29, 0.717) is 11.5 Å². The number of nitrogens with zero attached hydrogens (tertiary/aromatic N) is 1. The first-order chi connectivity index (χ1) is 14.1. The van der Waals surface area contributed by atoms with E-state index in [-0.39, 0.29) is 11.8 Å². The number of nitrogens with one attached hydrogen (secondary N) is 2. The third kappa shape index (κ3) is 5.95. The van der Waals surface area contributed by atoms with Crippen LogP contribution in [-0.2, 0) is 11.3 Å². The maximum Gasteiger partial charge on any atom is 0.243 e. The number of hydrogen-bond donors (Lipinski definition) is 2. The summed E-state index contributed by atoms with van der Waals surface area (Å²) in [6, 6.07) is 13.5. The van der Waals surface area contributed by atoms with Crippen LogP contribution >= 0.6 is 11.6 Å². The monoisotopic (exact) mass is 416 g/mol. The summed E-state index contributed by atoms with van der Waals surface area (Å²) in [5.41, 5.74) is 4.77. The number of hydrazone groups is 1. The lowest BCUT2D eigenvalue weighted by Gasteiger charge is -2.28. The normalized spacial score (nSPS) is 19.1. The standard InChI is InChI=1S/C22H26ClN3O3/c1-28-20-8-5-17(13-21(20)29-2)14-24-25-22(27)18-9-11-26(12-10-18)15-16-3-6-19(23)7-4-16/h3-8,13-14,18H,9-12,15H2,1-2H3,(H,25,27)/p+1/b24-14-. The van der Waals surface area contributed by atoms with Gasteiger partial charge in [-0.3, -0.25) is 4.79 Å². The van der Waals surface area contributed by atoms with Crippen molar-refractivity contribution in [3.8, 4) is 11.5 Å². The smallest absolute Gasteiger partial charge is 0.243 e. The van der Waals surface area contributed by atoms with Gasteiger partial charge in [0.2, 0.25) is 5.91 Å². The van der Waals surface area contributed by atoms with Gasteiger partial charge in [-0.05, 0) is 35.9 Å². The molecule has 0 bridgehead atoms. The number of likely N-dealkylation sites (tertiary alicyclic amines) is 1. The lowest BCUT2D eigenvalue weighted by molar-refractivity contribution is -0.919. The predicted octanol–water partition coefficient (Wildman–Crippen LogP) is 2.30. The Morgan fingerprint density at radius 1 is 1.14 bits per heavy atom. The summed E-state index contributed by atoms with van der Waals surface area (Å²) in [5.74, 6) is 1.26. The van der Waals surface area contributed by atoms with E-state index in [1.165, 1.54) is 10.5 Å². The number of ether oxygens (including phenoxy) is 2. The first-order valence-electron chi connectivity index (χ1n) is 9.72. The van der Waals surface area contributed by atoms with Crippen molar-refractivity contribution >= 4 is 23.7 Å². The van der Waals surface area contributed by atoms with Crippen LogP contribution in [0.25, 0.3) is 0 Å². The van der Waals surface area contributed by atoms with E-state index in [1.807, 2.05) is 24.3 Å². The highest BCUT2D eigenvalue weighted by atomic mass is 35.5. The number of halogens is 1. The van der Waals surface area contributed by atoms with Gasteiger partial charge in [0.25, 0.3) is 0 Å². The van der Waals surface area contributed by atoms with Crippen LogP contribution in [0.2, 0.25) is 5.02 Å². The highest BCUT2D eigenvalue weighted by Gasteiger charge is 2.27. The average molecular weight is 417 g/mol. The Kier molecular flexibility index (Phi) is 7.49. The topological polar surface area (TPSA) is 64.4 Å². The number of carbonyl (C=O) groups is 1. The molecule has 3 rings (SSSR count). The van der Waals surface area contributed by atoms with Crippen LogP contribution in [0.1, 0.15) is 24.0 Å². The fourth-order valence-corrected chi connectivity index (χ4v) is 3.68. The van der Waals surface area contributed by atoms with Crippen LogP contribution in [0.5, 0.6) is 11.5 Å². The summed E-state index contributed by atoms with van der Waals surface area (Å²) in [4.78, 5) is 13.9. The molecular formula is C22H27ClN3O3+. The van der Waals surface area contributed by atoms with Gasteiger partial charge in [-0.15, -0.1) is 0 Å². The van der Waals surface area contributed by atoms with Crippen molar-refractivity contribution in [2.75, 3.05) is 27.3 Å². The van der Waals surface area contributed by atoms with E-state index in [9.17, 15) is 4.79 Å². The number of methoxy groups -OCH3 is 2. The second kappa shape index (κ2) is 10.3. The number of rotatable bonds is 7. The van der Waals surface area contributed by atoms with Crippen LogP contribution in [0, 0.1) is 5.92 Å². The van der Waals surface area contributed by atoms with Gasteiger partial charge in [0.1, 0.15) is 6.54 Å². The molecule has 0 unspecified atom stereocenters. The molecule has 7 heteroatoms. The summed E-state index contributed by atoms with van der Waals surface area (Å²) in [6.07, 6.45) is 3.34. The van der Waals surface area contributed by atoms with E-state index >= 15 is 0 Å². The van der Waals surface area contributed by atoms with Crippen molar-refractivity contribution in [2.24, 2.45) is 11.0 Å². The van der Waals surface area contributed by atoms with Gasteiger partial charge in [-0.2, -0.15) is 5.10 Å². The minimum absolute atomic E-state index is 0.00604. The van der Waals surface area contributed by atoms with Crippen molar-refractivity contribution in [3.63, 3.8) is 0 Å². The molecule has 1 heterocycles. The Labute approximate surface area is 176 Å². The maximum atomic E-state index is 12.4. The zero-order valence-electron chi connectivity index (χ0n) is 16.8. The second-order valence-corrected chi connectivity index (χ2v) is 7.61. The summed E-state index contributed by atoms with van der Waals surface area (Å²) >= 11 is 5.94. The SMILES string of the molecule is COc1ccc(/C=N\NC(=O)C2CC[NH+](Cc3ccc(Cl)cc3)CC2)cc1OC. The molecule has 1 aliphatic rings. The van der Waals surface area contributed by atoms with Crippen LogP contribution in [0.3, 0.4) is 0 Å². The largest absolute Gasteiger partial charge is 0.493 e. The molecule has 1 aliphatic heterocycles. The molecule has 0 saturated carbocycles. The van der Waals surface area contributed by atoms with Gasteiger partial charge in [0, 0.05) is 23.4 Å². The van der Waals surface area contributed by atoms with Crippen molar-refractivity contribution in [2.45, 2.75) is 19.4 Å². The molecule has 0 aromatic heterocycles. The molecule has 154 valence electrons. The lowest BCUT2D eigenvalue weighted by atomic mass is 9.96. The predicted molar refractivity (Wildman–Crippen MR) is 114 cm³/mol. The molecule has 1 amide bonds. The van der Waals surface area contributed by atoms with E-state index in [0.717, 1.165) is 43.1 Å². The fraction of sp³-hybridized carbons (Fsp3) is 0.364. The Balaban J connectivity index is 1.46. The Morgan fingerprint density at radius 3 is 2.48 bits per heavy atom. The van der Waals surface area contributed by atoms with Crippen molar-refractivity contribution < 1.29 is 19.2 Å². The minimum Gasteiger partial charge on any atom is -0.493 e. The van der Waals surface area contributed by atoms with Crippen molar-refractivity contribution in [1.29, 1.82) is 0 Å². The van der Waals surface area contributed by atoms with Crippen LogP contribution < -0.4 is 19.8 Å². The van der Waals surface area contributed by atoms with Gasteiger partial charge in [0.05, 0.1) is 39.4 Å². The molecule has 29 heavy (non-hydrogen) atoms. The van der Waals surface area contributed by atoms with Crippen molar-refractivity contribution in [3.05, 3.63) is 58.6 Å². The number of hydrogen-bond acceptors (Lipinski definition) is 4. The van der Waals surface area contributed by atoms with Gasteiger partial charge >= 0.3 is 0 Å². The van der Waals surface area contributed by atoms with Gasteiger partial charge in [0.15, 0.2) is 11.5 Å². The summed E-state index contributed by atoms with van der Waals surface area (Å²) < 4.78 is 10.5. The zero-order chi connectivity index (χ0) is 20.6. The molecule has 0 spiro atoms. The molecule has 0 aliphatic carbocycles. The van der Waals surface area contributed by atoms with E-state index in [1.54, 1.807) is 26.5 Å². The number of carbonyl (C=O) groups excluding carboxylic acids is 1. The number of piperidine rings is 1. The molecule has 2 aromatic rings. The molecule has 0 radical (unpaired) electrons. The summed E-state index contributed by atoms with van der Waals surface area (Å²) in [5, 5.41) is 4.86. The minimum atomic E-state index is -0.0210. The summed E-state index contributed by atoms with van der Waals surface area (Å²) in [6.45, 7) is 2.91. The lowest BCUT2D eigenvalue weighted by Crippen LogP contribution is -3.11. The number of amides is 1. The van der Waals surface area contributed by atoms with Gasteiger partial charge in [-0.1, -0.05) is 23.7 Å². The first-order valence-corrected chi connectivity index (χ1v) is 10.1. The highest BCUT2D eigenvalue weighted by Crippen LogP contribution is 2.26. The average Bonchev–Trinajstić information content (AvgIpc) is 2.75. The molecule has 1 saturated heterocycles. The van der Waals surface area contributed by atoms with Crippen LogP contribution in [0.15, 0.2) is 47.6 Å². The first kappa shape index (κ1) is 21.1. The summed E-state index contributed by atoms with van der Waals surface area (Å²) in [7, 11) is 3.18. The van der Waals surface area contributed by atoms with Crippen LogP contribution in [-0.4, -0.2) is 39.4 Å². The Morgan fingerprint density at radius 2 is 1.83 bits per heavy atom. The molecule has 1 fully saturated rings. The molecule has 2 N–H and O–H groups in total. The van der Waals surface area contributed by atoms with E-state index in [2.05, 4.69) is 22.7 Å². The van der Waals surface area contributed by atoms with E-state index in [4.69, 9.17) is 21.1 Å². The van der Waals surface area contributed by atoms with Gasteiger partial charge in [-0.25, -0.2) is 5.43 Å². The Bertz CT molecular complexity index is 847. The van der Waals surface area contributed by atoms with Gasteiger partial charge < -0.3 is 14.4 Å². The third-order valence-electron chi connectivity index (χ3n) is 5.23. The molecule has 6 nitrogen and oxygen atoms in total. The molecular weight excluding hydrogens is 390 g/mol.